The second kappa shape index (κ2) is 3.04. The minimum Gasteiger partial charge on any atom is -0.297 e. The van der Waals surface area contributed by atoms with Crippen LogP contribution in [0.5, 0.6) is 0 Å². The number of carbonyl (C=O) groups is 1. The smallest absolute Gasteiger partial charge is 0.165 e. The summed E-state index contributed by atoms with van der Waals surface area (Å²) in [6, 6.07) is 0. The van der Waals surface area contributed by atoms with Gasteiger partial charge >= 0.3 is 0 Å². The lowest BCUT2D eigenvalue weighted by atomic mass is 9.79. The maximum absolute atomic E-state index is 11.5. The van der Waals surface area contributed by atoms with Crippen molar-refractivity contribution < 1.29 is 9.63 Å². The normalized spacial score (nSPS) is 40.4. The van der Waals surface area contributed by atoms with Gasteiger partial charge in [-0.15, -0.1) is 0 Å². The molecular formula is C11H17NO2. The van der Waals surface area contributed by atoms with E-state index in [4.69, 9.17) is 4.84 Å². The van der Waals surface area contributed by atoms with Crippen molar-refractivity contribution in [2.24, 2.45) is 0 Å². The van der Waals surface area contributed by atoms with E-state index in [1.54, 1.807) is 0 Å². The van der Waals surface area contributed by atoms with Gasteiger partial charge in [-0.05, 0) is 12.8 Å². The zero-order valence-corrected chi connectivity index (χ0v) is 8.50. The average molecular weight is 195 g/mol. The first-order valence-corrected chi connectivity index (χ1v) is 5.77. The second-order valence-corrected chi connectivity index (χ2v) is 4.90. The molecule has 3 fully saturated rings. The highest BCUT2D eigenvalue weighted by molar-refractivity contribution is 5.84. The first-order chi connectivity index (χ1) is 6.80. The number of hydroxylamine groups is 2. The number of fused-ring (bicyclic) bond motifs is 3. The number of ketones is 1. The second-order valence-electron chi connectivity index (χ2n) is 4.90. The predicted molar refractivity (Wildman–Crippen MR) is 51.6 cm³/mol. The maximum atomic E-state index is 11.5. The summed E-state index contributed by atoms with van der Waals surface area (Å²) in [4.78, 5) is 17.2. The lowest BCUT2D eigenvalue weighted by molar-refractivity contribution is -0.210. The van der Waals surface area contributed by atoms with Crippen LogP contribution in [0.2, 0.25) is 0 Å². The van der Waals surface area contributed by atoms with Crippen LogP contribution in [0, 0.1) is 0 Å². The zero-order valence-electron chi connectivity index (χ0n) is 8.50. The molecule has 2 heterocycles. The van der Waals surface area contributed by atoms with E-state index in [0.717, 1.165) is 13.0 Å². The van der Waals surface area contributed by atoms with Gasteiger partial charge in [0.1, 0.15) is 6.10 Å². The Balaban J connectivity index is 1.84. The van der Waals surface area contributed by atoms with Crippen LogP contribution in [0.4, 0.5) is 0 Å². The third-order valence-electron chi connectivity index (χ3n) is 4.05. The molecule has 2 aliphatic heterocycles. The van der Waals surface area contributed by atoms with Crippen LogP contribution in [-0.2, 0) is 9.63 Å². The summed E-state index contributed by atoms with van der Waals surface area (Å²) in [6.45, 7) is 0.829. The topological polar surface area (TPSA) is 29.5 Å². The highest BCUT2D eigenvalue weighted by atomic mass is 16.7. The van der Waals surface area contributed by atoms with Crippen molar-refractivity contribution in [3.8, 4) is 0 Å². The number of carbonyl (C=O) groups excluding carboxylic acids is 1. The van der Waals surface area contributed by atoms with Crippen molar-refractivity contribution in [2.75, 3.05) is 6.54 Å². The van der Waals surface area contributed by atoms with E-state index >= 15 is 0 Å². The van der Waals surface area contributed by atoms with Crippen molar-refractivity contribution in [3.05, 3.63) is 0 Å². The molecule has 0 aromatic heterocycles. The third-order valence-corrected chi connectivity index (χ3v) is 4.05. The van der Waals surface area contributed by atoms with E-state index in [1.165, 1.54) is 32.1 Å². The van der Waals surface area contributed by atoms with E-state index < -0.39 is 0 Å². The van der Waals surface area contributed by atoms with Crippen LogP contribution in [-0.4, -0.2) is 29.0 Å². The molecular weight excluding hydrogens is 178 g/mol. The molecule has 3 aliphatic rings. The SMILES string of the molecule is O=C1CCN2OC1CC21CCCCC1. The molecule has 3 nitrogen and oxygen atoms in total. The van der Waals surface area contributed by atoms with Gasteiger partial charge in [0.05, 0.1) is 0 Å². The standard InChI is InChI=1S/C11H17NO2/c13-9-4-7-12-11(8-10(9)14-12)5-2-1-3-6-11/h10H,1-8H2. The van der Waals surface area contributed by atoms with Crippen LogP contribution < -0.4 is 0 Å². The molecule has 3 rings (SSSR count). The largest absolute Gasteiger partial charge is 0.297 e. The molecule has 2 saturated heterocycles. The summed E-state index contributed by atoms with van der Waals surface area (Å²) in [7, 11) is 0. The summed E-state index contributed by atoms with van der Waals surface area (Å²) in [6.07, 6.45) is 8.00. The molecule has 0 aromatic carbocycles. The Morgan fingerprint density at radius 3 is 2.79 bits per heavy atom. The minimum absolute atomic E-state index is 0.0955. The average Bonchev–Trinajstić information content (AvgIpc) is 2.49. The van der Waals surface area contributed by atoms with Gasteiger partial charge in [-0.2, -0.15) is 5.06 Å². The Labute approximate surface area is 84.4 Å². The highest BCUT2D eigenvalue weighted by Crippen LogP contribution is 2.45. The Kier molecular flexibility index (Phi) is 1.92. The Hall–Kier alpha value is -0.410. The molecule has 2 unspecified atom stereocenters. The van der Waals surface area contributed by atoms with E-state index in [-0.39, 0.29) is 11.6 Å². The van der Waals surface area contributed by atoms with Gasteiger partial charge in [0.15, 0.2) is 5.78 Å². The quantitative estimate of drug-likeness (QED) is 0.589. The van der Waals surface area contributed by atoms with Crippen LogP contribution in [0.25, 0.3) is 0 Å². The molecule has 0 amide bonds. The number of nitrogens with zero attached hydrogens (tertiary/aromatic N) is 1. The van der Waals surface area contributed by atoms with Crippen LogP contribution >= 0.6 is 0 Å². The van der Waals surface area contributed by atoms with Gasteiger partial charge in [0.2, 0.25) is 0 Å². The van der Waals surface area contributed by atoms with Gasteiger partial charge in [-0.3, -0.25) is 9.63 Å². The van der Waals surface area contributed by atoms with Crippen molar-refractivity contribution in [3.63, 3.8) is 0 Å². The van der Waals surface area contributed by atoms with E-state index in [9.17, 15) is 4.79 Å². The summed E-state index contributed by atoms with van der Waals surface area (Å²) in [5.41, 5.74) is 0.245. The predicted octanol–water partition coefficient (Wildman–Crippen LogP) is 1.67. The monoisotopic (exact) mass is 195 g/mol. The third kappa shape index (κ3) is 1.15. The van der Waals surface area contributed by atoms with Crippen LogP contribution in [0.3, 0.4) is 0 Å². The van der Waals surface area contributed by atoms with E-state index in [1.807, 2.05) is 0 Å². The van der Waals surface area contributed by atoms with E-state index in [0.29, 0.717) is 12.2 Å². The Morgan fingerprint density at radius 1 is 1.29 bits per heavy atom. The molecule has 1 spiro atoms. The lowest BCUT2D eigenvalue weighted by Crippen LogP contribution is -2.45. The van der Waals surface area contributed by atoms with Crippen LogP contribution in [0.15, 0.2) is 0 Å². The van der Waals surface area contributed by atoms with Gasteiger partial charge in [-0.25, -0.2) is 0 Å². The zero-order chi connectivity index (χ0) is 9.60. The number of Topliss-reactive ketones (excluding diaryl/α,β-unsaturated/α-hetero) is 1. The minimum atomic E-state index is -0.0955. The van der Waals surface area contributed by atoms with Crippen molar-refractivity contribution >= 4 is 5.78 Å². The van der Waals surface area contributed by atoms with Gasteiger partial charge in [0.25, 0.3) is 0 Å². The van der Waals surface area contributed by atoms with E-state index in [2.05, 4.69) is 5.06 Å². The Bertz CT molecular complexity index is 258. The molecule has 78 valence electrons. The van der Waals surface area contributed by atoms with Gasteiger partial charge < -0.3 is 0 Å². The summed E-state index contributed by atoms with van der Waals surface area (Å²) >= 11 is 0. The fourth-order valence-electron chi connectivity index (χ4n) is 3.25. The van der Waals surface area contributed by atoms with Crippen molar-refractivity contribution in [1.29, 1.82) is 0 Å². The number of rotatable bonds is 0. The maximum Gasteiger partial charge on any atom is 0.165 e. The summed E-state index contributed by atoms with van der Waals surface area (Å²) < 4.78 is 0. The van der Waals surface area contributed by atoms with Crippen molar-refractivity contribution in [2.45, 2.75) is 56.6 Å². The summed E-state index contributed by atoms with van der Waals surface area (Å²) in [5.74, 6) is 0.323. The molecule has 0 radical (unpaired) electrons. The molecule has 14 heavy (non-hydrogen) atoms. The van der Waals surface area contributed by atoms with Crippen molar-refractivity contribution in [1.82, 2.24) is 5.06 Å². The molecule has 0 N–H and O–H groups in total. The number of hydrogen-bond acceptors (Lipinski definition) is 3. The lowest BCUT2D eigenvalue weighted by Gasteiger charge is -2.39. The first-order valence-electron chi connectivity index (χ1n) is 5.77. The molecule has 1 saturated carbocycles. The molecule has 2 atom stereocenters. The molecule has 2 bridgehead atoms. The first kappa shape index (κ1) is 8.86. The Morgan fingerprint density at radius 2 is 2.07 bits per heavy atom. The fourth-order valence-corrected chi connectivity index (χ4v) is 3.25. The van der Waals surface area contributed by atoms with Gasteiger partial charge in [-0.1, -0.05) is 19.3 Å². The summed E-state index contributed by atoms with van der Waals surface area (Å²) in [5, 5.41) is 2.14. The molecule has 1 aliphatic carbocycles. The van der Waals surface area contributed by atoms with Crippen LogP contribution in [0.1, 0.15) is 44.9 Å². The highest BCUT2D eigenvalue weighted by Gasteiger charge is 2.51. The molecule has 3 heteroatoms. The van der Waals surface area contributed by atoms with Gasteiger partial charge in [0, 0.05) is 24.9 Å². The molecule has 0 aromatic rings. The fraction of sp³-hybridized carbons (Fsp3) is 0.909. The number of hydrogen-bond donors (Lipinski definition) is 0.